The highest BCUT2D eigenvalue weighted by Crippen LogP contribution is 2.23. The number of benzene rings is 2. The molecule has 3 rings (SSSR count). The molecule has 1 aromatic heterocycles. The van der Waals surface area contributed by atoms with Crippen LogP contribution in [-0.4, -0.2) is 15.5 Å². The van der Waals surface area contributed by atoms with E-state index in [2.05, 4.69) is 32.9 Å². The lowest BCUT2D eigenvalue weighted by atomic mass is 10.1. The van der Waals surface area contributed by atoms with Gasteiger partial charge in [0.25, 0.3) is 5.91 Å². The maximum Gasteiger partial charge on any atom is 0.252 e. The Balaban J connectivity index is 1.95. The molecule has 4 nitrogen and oxygen atoms in total. The van der Waals surface area contributed by atoms with Crippen molar-refractivity contribution >= 4 is 40.1 Å². The number of amides is 1. The Hall–Kier alpha value is -1.86. The first kappa shape index (κ1) is 17.0. The molecule has 0 aliphatic heterocycles. The van der Waals surface area contributed by atoms with Crippen LogP contribution in [0.25, 0.3) is 0 Å². The molecule has 0 fully saturated rings. The molecule has 1 amide bonds. The van der Waals surface area contributed by atoms with Crippen molar-refractivity contribution in [2.45, 2.75) is 6.04 Å². The minimum atomic E-state index is -0.354. The lowest BCUT2D eigenvalue weighted by Crippen LogP contribution is -2.31. The Morgan fingerprint density at radius 3 is 2.62 bits per heavy atom. The van der Waals surface area contributed by atoms with E-state index in [9.17, 15) is 4.79 Å². The first-order chi connectivity index (χ1) is 11.5. The Morgan fingerprint density at radius 1 is 1.25 bits per heavy atom. The lowest BCUT2D eigenvalue weighted by molar-refractivity contribution is 0.0941. The van der Waals surface area contributed by atoms with Gasteiger partial charge >= 0.3 is 0 Å². The van der Waals surface area contributed by atoms with Crippen LogP contribution < -0.4 is 5.32 Å². The van der Waals surface area contributed by atoms with E-state index in [-0.39, 0.29) is 11.9 Å². The molecular weight excluding hydrogens is 437 g/mol. The zero-order valence-electron chi connectivity index (χ0n) is 12.9. The van der Waals surface area contributed by atoms with Gasteiger partial charge in [0.15, 0.2) is 0 Å². The van der Waals surface area contributed by atoms with Crippen molar-refractivity contribution in [1.29, 1.82) is 0 Å². The molecule has 0 bridgehead atoms. The van der Waals surface area contributed by atoms with Gasteiger partial charge in [-0.15, -0.1) is 0 Å². The van der Waals surface area contributed by atoms with Gasteiger partial charge in [0.2, 0.25) is 0 Å². The molecule has 0 aliphatic rings. The maximum absolute atomic E-state index is 12.7. The average Bonchev–Trinajstić information content (AvgIpc) is 2.99. The van der Waals surface area contributed by atoms with E-state index in [1.54, 1.807) is 12.3 Å². The van der Waals surface area contributed by atoms with Crippen LogP contribution in [0.5, 0.6) is 0 Å². The number of rotatable bonds is 4. The average molecular weight is 452 g/mol. The molecule has 1 N–H and O–H groups in total. The van der Waals surface area contributed by atoms with Crippen LogP contribution in [0.1, 0.15) is 27.8 Å². The van der Waals surface area contributed by atoms with Gasteiger partial charge in [0.05, 0.1) is 0 Å². The molecule has 24 heavy (non-hydrogen) atoms. The lowest BCUT2D eigenvalue weighted by Gasteiger charge is -2.19. The standard InChI is InChI=1S/C18H15ClIN3O/c1-23-10-9-21-17(23)16(12-5-7-14(19)8-6-12)22-18(24)13-3-2-4-15(20)11-13/h2-11,16H,1H3,(H,22,24)/t16-/m1/s1. The first-order valence-electron chi connectivity index (χ1n) is 7.34. The fourth-order valence-corrected chi connectivity index (χ4v) is 3.12. The third kappa shape index (κ3) is 3.79. The number of aromatic nitrogens is 2. The highest BCUT2D eigenvalue weighted by molar-refractivity contribution is 14.1. The van der Waals surface area contributed by atoms with E-state index in [0.29, 0.717) is 10.6 Å². The second kappa shape index (κ2) is 7.36. The fourth-order valence-electron chi connectivity index (χ4n) is 2.45. The summed E-state index contributed by atoms with van der Waals surface area (Å²) in [5.41, 5.74) is 1.54. The predicted molar refractivity (Wildman–Crippen MR) is 103 cm³/mol. The molecule has 0 saturated heterocycles. The molecule has 1 atom stereocenters. The van der Waals surface area contributed by atoms with E-state index in [4.69, 9.17) is 11.6 Å². The van der Waals surface area contributed by atoms with Gasteiger partial charge in [-0.3, -0.25) is 4.79 Å². The van der Waals surface area contributed by atoms with E-state index in [1.165, 1.54) is 0 Å². The van der Waals surface area contributed by atoms with Gasteiger partial charge < -0.3 is 9.88 Å². The van der Waals surface area contributed by atoms with Gasteiger partial charge in [0, 0.05) is 33.6 Å². The summed E-state index contributed by atoms with van der Waals surface area (Å²) in [6.07, 6.45) is 3.58. The minimum Gasteiger partial charge on any atom is -0.338 e. The highest BCUT2D eigenvalue weighted by atomic mass is 127. The van der Waals surface area contributed by atoms with Crippen LogP contribution in [0.4, 0.5) is 0 Å². The van der Waals surface area contributed by atoms with Gasteiger partial charge in [-0.1, -0.05) is 29.8 Å². The molecule has 3 aromatic rings. The first-order valence-corrected chi connectivity index (χ1v) is 8.79. The molecule has 0 saturated carbocycles. The Kier molecular flexibility index (Phi) is 5.20. The monoisotopic (exact) mass is 451 g/mol. The summed E-state index contributed by atoms with van der Waals surface area (Å²) in [6, 6.07) is 14.5. The molecule has 122 valence electrons. The van der Waals surface area contributed by atoms with Crippen molar-refractivity contribution in [2.24, 2.45) is 7.05 Å². The Morgan fingerprint density at radius 2 is 2.00 bits per heavy atom. The van der Waals surface area contributed by atoms with Crippen molar-refractivity contribution in [1.82, 2.24) is 14.9 Å². The van der Waals surface area contributed by atoms with Crippen LogP contribution in [0.3, 0.4) is 0 Å². The molecule has 0 spiro atoms. The summed E-state index contributed by atoms with van der Waals surface area (Å²) in [4.78, 5) is 17.1. The van der Waals surface area contributed by atoms with Crippen molar-refractivity contribution in [3.63, 3.8) is 0 Å². The molecule has 1 heterocycles. The molecule has 2 aromatic carbocycles. The smallest absolute Gasteiger partial charge is 0.252 e. The van der Waals surface area contributed by atoms with Crippen molar-refractivity contribution in [3.05, 3.63) is 86.5 Å². The second-order valence-corrected chi connectivity index (χ2v) is 7.05. The zero-order valence-corrected chi connectivity index (χ0v) is 15.8. The largest absolute Gasteiger partial charge is 0.338 e. The number of halogens is 2. The van der Waals surface area contributed by atoms with Crippen molar-refractivity contribution < 1.29 is 4.79 Å². The van der Waals surface area contributed by atoms with Crippen LogP contribution in [0, 0.1) is 3.57 Å². The Bertz CT molecular complexity index is 861. The SMILES string of the molecule is Cn1ccnc1[C@H](NC(=O)c1cccc(I)c1)c1ccc(Cl)cc1. The number of hydrogen-bond donors (Lipinski definition) is 1. The van der Waals surface area contributed by atoms with E-state index in [1.807, 2.05) is 60.3 Å². The highest BCUT2D eigenvalue weighted by Gasteiger charge is 2.21. The summed E-state index contributed by atoms with van der Waals surface area (Å²) in [7, 11) is 1.91. The van der Waals surface area contributed by atoms with Crippen LogP contribution in [-0.2, 0) is 7.05 Å². The fraction of sp³-hybridized carbons (Fsp3) is 0.111. The Labute approximate surface area is 159 Å². The maximum atomic E-state index is 12.7. The predicted octanol–water partition coefficient (Wildman–Crippen LogP) is 4.20. The van der Waals surface area contributed by atoms with Crippen LogP contribution in [0.2, 0.25) is 5.02 Å². The van der Waals surface area contributed by atoms with Crippen molar-refractivity contribution in [3.8, 4) is 0 Å². The quantitative estimate of drug-likeness (QED) is 0.605. The normalized spacial score (nSPS) is 12.0. The number of nitrogens with zero attached hydrogens (tertiary/aromatic N) is 2. The number of nitrogens with one attached hydrogen (secondary N) is 1. The molecule has 0 aliphatic carbocycles. The number of carbonyl (C=O) groups excluding carboxylic acids is 1. The van der Waals surface area contributed by atoms with Crippen LogP contribution >= 0.6 is 34.2 Å². The summed E-state index contributed by atoms with van der Waals surface area (Å²) in [5.74, 6) is 0.618. The van der Waals surface area contributed by atoms with E-state index in [0.717, 1.165) is 15.0 Å². The topological polar surface area (TPSA) is 46.9 Å². The number of aryl methyl sites for hydroxylation is 1. The van der Waals surface area contributed by atoms with Gasteiger partial charge in [0.1, 0.15) is 11.9 Å². The summed E-state index contributed by atoms with van der Waals surface area (Å²) in [5, 5.41) is 3.72. The molecule has 6 heteroatoms. The molecule has 0 unspecified atom stereocenters. The molecular formula is C18H15ClIN3O. The number of hydrogen-bond acceptors (Lipinski definition) is 2. The van der Waals surface area contributed by atoms with Crippen molar-refractivity contribution in [2.75, 3.05) is 0 Å². The zero-order chi connectivity index (χ0) is 17.1. The third-order valence-corrected chi connectivity index (χ3v) is 4.61. The van der Waals surface area contributed by atoms with Gasteiger partial charge in [-0.05, 0) is 58.5 Å². The molecule has 0 radical (unpaired) electrons. The van der Waals surface area contributed by atoms with E-state index < -0.39 is 0 Å². The van der Waals surface area contributed by atoms with Gasteiger partial charge in [-0.25, -0.2) is 4.98 Å². The number of imidazole rings is 1. The van der Waals surface area contributed by atoms with Gasteiger partial charge in [-0.2, -0.15) is 0 Å². The minimum absolute atomic E-state index is 0.142. The summed E-state index contributed by atoms with van der Waals surface area (Å²) < 4.78 is 2.91. The summed E-state index contributed by atoms with van der Waals surface area (Å²) >= 11 is 8.17. The van der Waals surface area contributed by atoms with Crippen LogP contribution in [0.15, 0.2) is 60.9 Å². The number of carbonyl (C=O) groups is 1. The van der Waals surface area contributed by atoms with E-state index >= 15 is 0 Å². The third-order valence-electron chi connectivity index (χ3n) is 3.68. The second-order valence-electron chi connectivity index (χ2n) is 5.36. The summed E-state index contributed by atoms with van der Waals surface area (Å²) in [6.45, 7) is 0.